The minimum atomic E-state index is -2.49. The van der Waals surface area contributed by atoms with Crippen molar-refractivity contribution in [2.75, 3.05) is 0 Å². The summed E-state index contributed by atoms with van der Waals surface area (Å²) >= 11 is -4.99. The van der Waals surface area contributed by atoms with Gasteiger partial charge in [-0.1, -0.05) is 0 Å². The van der Waals surface area contributed by atoms with Crippen molar-refractivity contribution in [1.29, 1.82) is 0 Å². The van der Waals surface area contributed by atoms with Crippen LogP contribution in [0.2, 0.25) is 26.6 Å². The zero-order valence-electron chi connectivity index (χ0n) is 22.8. The third kappa shape index (κ3) is 9.74. The van der Waals surface area contributed by atoms with Gasteiger partial charge < -0.3 is 0 Å². The Labute approximate surface area is 210 Å². The van der Waals surface area contributed by atoms with Crippen LogP contribution in [0.3, 0.4) is 0 Å². The molecular weight excluding hydrogens is 602 g/mol. The van der Waals surface area contributed by atoms with Gasteiger partial charge in [0.2, 0.25) is 0 Å². The van der Waals surface area contributed by atoms with Crippen LogP contribution < -0.4 is 7.42 Å². The molecule has 0 bridgehead atoms. The molecule has 0 atom stereocenters. The predicted molar refractivity (Wildman–Crippen MR) is 151 cm³/mol. The van der Waals surface area contributed by atoms with E-state index in [1.807, 2.05) is 6.33 Å². The quantitative estimate of drug-likeness (QED) is 0.131. The Morgan fingerprint density at radius 3 is 0.938 bits per heavy atom. The molecule has 0 fully saturated rings. The van der Waals surface area contributed by atoms with Crippen LogP contribution in [0, 0.1) is 0 Å². The average molecular weight is 658 g/mol. The molecular formula is C28H56N2Sn2. The predicted octanol–water partition coefficient (Wildman–Crippen LogP) is 8.59. The van der Waals surface area contributed by atoms with Gasteiger partial charge >= 0.3 is 212 Å². The molecule has 186 valence electrons. The monoisotopic (exact) mass is 660 g/mol. The Morgan fingerprint density at radius 1 is 0.469 bits per heavy atom. The molecule has 0 aliphatic carbocycles. The number of unbranched alkanes of at least 4 members (excludes halogenated alkanes) is 6. The first-order chi connectivity index (χ1) is 15.6. The summed E-state index contributed by atoms with van der Waals surface area (Å²) < 4.78 is 12.4. The van der Waals surface area contributed by atoms with Crippen molar-refractivity contribution in [3.63, 3.8) is 0 Å². The third-order valence-electron chi connectivity index (χ3n) is 7.81. The summed E-state index contributed by atoms with van der Waals surface area (Å²) in [5.74, 6) is 0. The van der Waals surface area contributed by atoms with Crippen LogP contribution in [0.15, 0.2) is 12.4 Å². The van der Waals surface area contributed by atoms with Crippen molar-refractivity contribution < 1.29 is 0 Å². The van der Waals surface area contributed by atoms with Gasteiger partial charge in [0.15, 0.2) is 0 Å². The van der Waals surface area contributed by atoms with E-state index in [0.717, 1.165) is 0 Å². The molecule has 0 N–H and O–H groups in total. The van der Waals surface area contributed by atoms with Gasteiger partial charge in [0, 0.05) is 0 Å². The normalized spacial score (nSPS) is 12.4. The van der Waals surface area contributed by atoms with E-state index in [4.69, 9.17) is 9.97 Å². The summed E-state index contributed by atoms with van der Waals surface area (Å²) in [6.07, 6.45) is 18.5. The second-order valence-electron chi connectivity index (χ2n) is 10.5. The second kappa shape index (κ2) is 18.0. The van der Waals surface area contributed by atoms with Crippen LogP contribution in [0.4, 0.5) is 0 Å². The molecule has 0 aromatic carbocycles. The van der Waals surface area contributed by atoms with Crippen molar-refractivity contribution >= 4 is 44.2 Å². The molecule has 0 amide bonds. The van der Waals surface area contributed by atoms with Gasteiger partial charge in [-0.2, -0.15) is 0 Å². The van der Waals surface area contributed by atoms with Gasteiger partial charge in [-0.3, -0.25) is 0 Å². The van der Waals surface area contributed by atoms with E-state index >= 15 is 0 Å². The van der Waals surface area contributed by atoms with E-state index in [2.05, 4.69) is 47.6 Å². The van der Waals surface area contributed by atoms with E-state index in [0.29, 0.717) is 0 Å². The maximum absolute atomic E-state index is 5.14. The van der Waals surface area contributed by atoms with Crippen molar-refractivity contribution in [1.82, 2.24) is 9.97 Å². The molecule has 4 heteroatoms. The Kier molecular flexibility index (Phi) is 17.3. The third-order valence-corrected chi connectivity index (χ3v) is 38.0. The molecule has 1 aromatic rings. The molecule has 1 rings (SSSR count). The number of hydrogen-bond acceptors (Lipinski definition) is 2. The molecule has 2 nitrogen and oxygen atoms in total. The molecule has 0 unspecified atom stereocenters. The van der Waals surface area contributed by atoms with Crippen LogP contribution in [0.1, 0.15) is 119 Å². The summed E-state index contributed by atoms with van der Waals surface area (Å²) in [5, 5.41) is 0. The average Bonchev–Trinajstić information content (AvgIpc) is 2.83. The summed E-state index contributed by atoms with van der Waals surface area (Å²) in [5.41, 5.74) is 0. The fourth-order valence-corrected chi connectivity index (χ4v) is 37.5. The molecule has 1 aromatic heterocycles. The summed E-state index contributed by atoms with van der Waals surface area (Å²) in [6.45, 7) is 14.3. The molecule has 0 saturated carbocycles. The van der Waals surface area contributed by atoms with Gasteiger partial charge in [-0.05, 0) is 0 Å². The Morgan fingerprint density at radius 2 is 0.719 bits per heavy atom. The fraction of sp³-hybridized carbons (Fsp3) is 0.857. The molecule has 32 heavy (non-hydrogen) atoms. The van der Waals surface area contributed by atoms with Gasteiger partial charge in [-0.25, -0.2) is 0 Å². The van der Waals surface area contributed by atoms with Gasteiger partial charge in [0.05, 0.1) is 0 Å². The molecule has 0 radical (unpaired) electrons. The molecule has 0 aliphatic rings. The number of rotatable bonds is 20. The standard InChI is InChI=1S/C4H2N2.6C4H9.2Sn/c1-2-5-4-6-3-1;6*1-3-4-2;;/h1,4H;6*1,3-4H2,2H3;;. The molecule has 1 heterocycles. The molecule has 0 spiro atoms. The first-order valence-corrected chi connectivity index (χ1v) is 29.4. The second-order valence-corrected chi connectivity index (χ2v) is 36.6. The van der Waals surface area contributed by atoms with Crippen molar-refractivity contribution in [3.05, 3.63) is 12.4 Å². The fourth-order valence-electron chi connectivity index (χ4n) is 5.55. The van der Waals surface area contributed by atoms with Crippen molar-refractivity contribution in [2.24, 2.45) is 0 Å². The van der Waals surface area contributed by atoms with Gasteiger partial charge in [0.25, 0.3) is 0 Å². The summed E-state index contributed by atoms with van der Waals surface area (Å²) in [6, 6.07) is 2.69. The van der Waals surface area contributed by atoms with Crippen LogP contribution >= 0.6 is 0 Å². The van der Waals surface area contributed by atoms with Crippen LogP contribution in [0.25, 0.3) is 0 Å². The summed E-state index contributed by atoms with van der Waals surface area (Å²) in [7, 11) is 0. The van der Waals surface area contributed by atoms with Crippen LogP contribution in [-0.2, 0) is 0 Å². The van der Waals surface area contributed by atoms with Crippen molar-refractivity contribution in [3.8, 4) is 0 Å². The number of aromatic nitrogens is 2. The van der Waals surface area contributed by atoms with E-state index in [-0.39, 0.29) is 0 Å². The Balaban J connectivity index is 3.49. The Bertz CT molecular complexity index is 500. The van der Waals surface area contributed by atoms with E-state index < -0.39 is 36.8 Å². The van der Waals surface area contributed by atoms with Crippen LogP contribution in [0.5, 0.6) is 0 Å². The van der Waals surface area contributed by atoms with Crippen LogP contribution in [-0.4, -0.2) is 46.7 Å². The van der Waals surface area contributed by atoms with Gasteiger partial charge in [0.1, 0.15) is 0 Å². The number of nitrogens with zero attached hydrogens (tertiary/aromatic N) is 2. The topological polar surface area (TPSA) is 25.8 Å². The van der Waals surface area contributed by atoms with E-state index in [1.54, 1.807) is 7.42 Å². The molecule has 0 saturated heterocycles. The maximum atomic E-state index is 5.14. The minimum absolute atomic E-state index is 1.33. The zero-order valence-corrected chi connectivity index (χ0v) is 28.5. The summed E-state index contributed by atoms with van der Waals surface area (Å²) in [4.78, 5) is 10.3. The van der Waals surface area contributed by atoms with E-state index in [9.17, 15) is 0 Å². The van der Waals surface area contributed by atoms with E-state index in [1.165, 1.54) is 104 Å². The SMILES string of the molecule is CCC[CH2][Sn]([CH2]CCC)([CH2]CCC)[c]1c[c]([Sn]([CH2]CCC)([CH2]CCC)[CH2]CCC)ncn1. The van der Waals surface area contributed by atoms with Crippen molar-refractivity contribution in [2.45, 2.75) is 145 Å². The first-order valence-electron chi connectivity index (χ1n) is 14.4. The Hall–Kier alpha value is 0.677. The zero-order chi connectivity index (χ0) is 23.7. The molecule has 0 aliphatic heterocycles. The van der Waals surface area contributed by atoms with Gasteiger partial charge in [-0.15, -0.1) is 0 Å². The first kappa shape index (κ1) is 30.7. The number of hydrogen-bond donors (Lipinski definition) is 0.